The number of hydrogen-bond donors (Lipinski definition) is 0. The molecule has 1 aromatic carbocycles. The van der Waals surface area contributed by atoms with Crippen molar-refractivity contribution in [3.05, 3.63) is 35.4 Å². The third kappa shape index (κ3) is 2.17. The van der Waals surface area contributed by atoms with Gasteiger partial charge < -0.3 is 4.74 Å². The van der Waals surface area contributed by atoms with Crippen molar-refractivity contribution in [2.24, 2.45) is 0 Å². The molecular weight excluding hydrogens is 198 g/mol. The maximum absolute atomic E-state index is 13.0. The lowest BCUT2D eigenvalue weighted by Gasteiger charge is -2.15. The van der Waals surface area contributed by atoms with Crippen molar-refractivity contribution >= 4 is 0 Å². The molecular formula is C12H14F2O. The van der Waals surface area contributed by atoms with Gasteiger partial charge in [0.05, 0.1) is 12.2 Å². The minimum absolute atomic E-state index is 0.157. The summed E-state index contributed by atoms with van der Waals surface area (Å²) in [7, 11) is 0. The van der Waals surface area contributed by atoms with E-state index in [0.29, 0.717) is 6.61 Å². The molecule has 0 aromatic heterocycles. The zero-order valence-electron chi connectivity index (χ0n) is 8.89. The molecule has 1 aromatic rings. The van der Waals surface area contributed by atoms with Crippen molar-refractivity contribution in [1.29, 1.82) is 0 Å². The third-order valence-corrected chi connectivity index (χ3v) is 2.83. The highest BCUT2D eigenvalue weighted by Gasteiger charge is 2.32. The Balaban J connectivity index is 2.21. The Morgan fingerprint density at radius 2 is 2.00 bits per heavy atom. The molecule has 0 unspecified atom stereocenters. The Kier molecular flexibility index (Phi) is 2.51. The smallest absolute Gasteiger partial charge is 0.159 e. The highest BCUT2D eigenvalue weighted by atomic mass is 19.2. The van der Waals surface area contributed by atoms with Crippen LogP contribution in [-0.2, 0) is 4.74 Å². The van der Waals surface area contributed by atoms with Gasteiger partial charge in [0.25, 0.3) is 0 Å². The third-order valence-electron chi connectivity index (χ3n) is 2.83. The molecule has 1 heterocycles. The van der Waals surface area contributed by atoms with Crippen molar-refractivity contribution in [3.8, 4) is 0 Å². The van der Waals surface area contributed by atoms with Crippen LogP contribution in [0.25, 0.3) is 0 Å². The normalized spacial score (nSPS) is 24.4. The maximum atomic E-state index is 13.0. The van der Waals surface area contributed by atoms with Gasteiger partial charge in [0.1, 0.15) is 0 Å². The maximum Gasteiger partial charge on any atom is 0.159 e. The van der Waals surface area contributed by atoms with Crippen LogP contribution < -0.4 is 0 Å². The van der Waals surface area contributed by atoms with Crippen molar-refractivity contribution in [3.63, 3.8) is 0 Å². The van der Waals surface area contributed by atoms with E-state index in [0.717, 1.165) is 12.0 Å². The second-order valence-electron chi connectivity index (χ2n) is 4.65. The summed E-state index contributed by atoms with van der Waals surface area (Å²) in [5.41, 5.74) is 0.662. The van der Waals surface area contributed by atoms with E-state index in [1.54, 1.807) is 6.07 Å². The van der Waals surface area contributed by atoms with Gasteiger partial charge in [0, 0.05) is 5.92 Å². The molecule has 0 spiro atoms. The fraction of sp³-hybridized carbons (Fsp3) is 0.500. The van der Waals surface area contributed by atoms with E-state index in [4.69, 9.17) is 4.74 Å². The largest absolute Gasteiger partial charge is 0.375 e. The minimum Gasteiger partial charge on any atom is -0.375 e. The fourth-order valence-corrected chi connectivity index (χ4v) is 2.02. The van der Waals surface area contributed by atoms with E-state index in [2.05, 4.69) is 0 Å². The molecule has 82 valence electrons. The Hall–Kier alpha value is -0.960. The number of rotatable bonds is 1. The van der Waals surface area contributed by atoms with Gasteiger partial charge in [-0.15, -0.1) is 0 Å². The van der Waals surface area contributed by atoms with Gasteiger partial charge in [0.15, 0.2) is 11.6 Å². The molecule has 0 saturated carbocycles. The van der Waals surface area contributed by atoms with Gasteiger partial charge >= 0.3 is 0 Å². The Morgan fingerprint density at radius 1 is 1.27 bits per heavy atom. The summed E-state index contributed by atoms with van der Waals surface area (Å²) in [4.78, 5) is 0. The van der Waals surface area contributed by atoms with Gasteiger partial charge in [-0.1, -0.05) is 6.07 Å². The Bertz CT molecular complexity index is 374. The molecule has 0 radical (unpaired) electrons. The molecule has 1 aliphatic rings. The molecule has 2 rings (SSSR count). The summed E-state index contributed by atoms with van der Waals surface area (Å²) in [6.07, 6.45) is 0.845. The highest BCUT2D eigenvalue weighted by Crippen LogP contribution is 2.36. The summed E-state index contributed by atoms with van der Waals surface area (Å²) in [6.45, 7) is 4.60. The molecule has 0 bridgehead atoms. The molecule has 3 heteroatoms. The first-order chi connectivity index (χ1) is 6.98. The van der Waals surface area contributed by atoms with Gasteiger partial charge in [-0.3, -0.25) is 0 Å². The molecule has 1 atom stereocenters. The standard InChI is InChI=1S/C12H14F2O/c1-12(2)6-9(7-15-12)8-3-4-10(13)11(14)5-8/h3-5,9H,6-7H2,1-2H3/t9-/m1/s1. The first-order valence-corrected chi connectivity index (χ1v) is 5.07. The SMILES string of the molecule is CC1(C)C[C@@H](c2ccc(F)c(F)c2)CO1. The van der Waals surface area contributed by atoms with Gasteiger partial charge in [-0.25, -0.2) is 8.78 Å². The highest BCUT2D eigenvalue weighted by molar-refractivity contribution is 5.23. The zero-order chi connectivity index (χ0) is 11.1. The summed E-state index contributed by atoms with van der Waals surface area (Å²) < 4.78 is 31.3. The first-order valence-electron chi connectivity index (χ1n) is 5.07. The van der Waals surface area contributed by atoms with E-state index >= 15 is 0 Å². The van der Waals surface area contributed by atoms with Crippen LogP contribution >= 0.6 is 0 Å². The van der Waals surface area contributed by atoms with Crippen molar-refractivity contribution in [2.75, 3.05) is 6.61 Å². The summed E-state index contributed by atoms with van der Waals surface area (Å²) in [6, 6.07) is 4.08. The summed E-state index contributed by atoms with van der Waals surface area (Å²) >= 11 is 0. The quantitative estimate of drug-likeness (QED) is 0.694. The topological polar surface area (TPSA) is 9.23 Å². The number of hydrogen-bond acceptors (Lipinski definition) is 1. The average Bonchev–Trinajstić information content (AvgIpc) is 2.51. The number of halogens is 2. The second-order valence-corrected chi connectivity index (χ2v) is 4.65. The molecule has 1 saturated heterocycles. The van der Waals surface area contributed by atoms with E-state index in [9.17, 15) is 8.78 Å². The Labute approximate surface area is 88.1 Å². The van der Waals surface area contributed by atoms with Crippen LogP contribution in [0.5, 0.6) is 0 Å². The monoisotopic (exact) mass is 212 g/mol. The lowest BCUT2D eigenvalue weighted by molar-refractivity contribution is 0.0361. The van der Waals surface area contributed by atoms with Crippen LogP contribution in [0.2, 0.25) is 0 Å². The Morgan fingerprint density at radius 3 is 2.53 bits per heavy atom. The predicted molar refractivity (Wildman–Crippen MR) is 53.7 cm³/mol. The van der Waals surface area contributed by atoms with E-state index in [1.165, 1.54) is 12.1 Å². The number of benzene rings is 1. The second kappa shape index (κ2) is 3.56. The zero-order valence-corrected chi connectivity index (χ0v) is 8.89. The van der Waals surface area contributed by atoms with Crippen LogP contribution in [0.3, 0.4) is 0 Å². The first kappa shape index (κ1) is 10.6. The van der Waals surface area contributed by atoms with Gasteiger partial charge in [-0.2, -0.15) is 0 Å². The van der Waals surface area contributed by atoms with Crippen molar-refractivity contribution in [2.45, 2.75) is 31.8 Å². The van der Waals surface area contributed by atoms with Gasteiger partial charge in [-0.05, 0) is 38.0 Å². The lowest BCUT2D eigenvalue weighted by atomic mass is 9.92. The van der Waals surface area contributed by atoms with E-state index < -0.39 is 11.6 Å². The van der Waals surface area contributed by atoms with Crippen molar-refractivity contribution in [1.82, 2.24) is 0 Å². The van der Waals surface area contributed by atoms with Crippen LogP contribution in [0, 0.1) is 11.6 Å². The molecule has 0 amide bonds. The van der Waals surface area contributed by atoms with E-state index in [-0.39, 0.29) is 11.5 Å². The molecule has 0 aliphatic carbocycles. The molecule has 1 fully saturated rings. The lowest BCUT2D eigenvalue weighted by Crippen LogP contribution is -2.16. The molecule has 1 nitrogen and oxygen atoms in total. The van der Waals surface area contributed by atoms with Crippen LogP contribution in [-0.4, -0.2) is 12.2 Å². The van der Waals surface area contributed by atoms with Crippen LogP contribution in [0.1, 0.15) is 31.7 Å². The summed E-state index contributed by atoms with van der Waals surface area (Å²) in [5.74, 6) is -1.40. The molecule has 0 N–H and O–H groups in total. The molecule has 15 heavy (non-hydrogen) atoms. The molecule has 1 aliphatic heterocycles. The van der Waals surface area contributed by atoms with Crippen LogP contribution in [0.4, 0.5) is 8.78 Å². The summed E-state index contributed by atoms with van der Waals surface area (Å²) in [5, 5.41) is 0. The van der Waals surface area contributed by atoms with E-state index in [1.807, 2.05) is 13.8 Å². The predicted octanol–water partition coefficient (Wildman–Crippen LogP) is 3.25. The van der Waals surface area contributed by atoms with Crippen LogP contribution in [0.15, 0.2) is 18.2 Å². The average molecular weight is 212 g/mol. The fourth-order valence-electron chi connectivity index (χ4n) is 2.02. The van der Waals surface area contributed by atoms with Gasteiger partial charge in [0.2, 0.25) is 0 Å². The number of ether oxygens (including phenoxy) is 1. The van der Waals surface area contributed by atoms with Crippen molar-refractivity contribution < 1.29 is 13.5 Å². The minimum atomic E-state index is -0.795.